The number of hydrogen-bond donors (Lipinski definition) is 2. The van der Waals surface area contributed by atoms with Crippen LogP contribution in [0.15, 0.2) is 42.5 Å². The van der Waals surface area contributed by atoms with Gasteiger partial charge in [-0.25, -0.2) is 4.79 Å². The summed E-state index contributed by atoms with van der Waals surface area (Å²) >= 11 is 0. The van der Waals surface area contributed by atoms with Crippen LogP contribution in [0.3, 0.4) is 0 Å². The smallest absolute Gasteiger partial charge is 0.319 e. The number of nitrogens with one attached hydrogen (secondary N) is 2. The van der Waals surface area contributed by atoms with Gasteiger partial charge in [0.25, 0.3) is 0 Å². The van der Waals surface area contributed by atoms with Gasteiger partial charge in [0.1, 0.15) is 19.0 Å². The molecule has 0 bridgehead atoms. The number of urea groups is 1. The van der Waals surface area contributed by atoms with Crippen LogP contribution in [-0.4, -0.2) is 32.4 Å². The molecule has 2 aromatic rings. The third kappa shape index (κ3) is 4.84. The Bertz CT molecular complexity index is 787. The summed E-state index contributed by atoms with van der Waals surface area (Å²) in [6.45, 7) is 8.31. The molecule has 1 aliphatic rings. The molecule has 6 nitrogen and oxygen atoms in total. The zero-order chi connectivity index (χ0) is 19.3. The van der Waals surface area contributed by atoms with Gasteiger partial charge in [-0.1, -0.05) is 19.9 Å². The Balaban J connectivity index is 1.57. The SMILES string of the molecule is CCOc1ccc(NC(=O)NCC(C)(C)c2ccc3c(c2)OCCO3)cc1. The molecular formula is C21H26N2O4. The normalized spacial score (nSPS) is 13.0. The second-order valence-electron chi connectivity index (χ2n) is 7.01. The number of rotatable bonds is 6. The van der Waals surface area contributed by atoms with Crippen molar-refractivity contribution in [3.05, 3.63) is 48.0 Å². The number of fused-ring (bicyclic) bond motifs is 1. The number of carbonyl (C=O) groups is 1. The third-order valence-corrected chi connectivity index (χ3v) is 4.44. The summed E-state index contributed by atoms with van der Waals surface area (Å²) < 4.78 is 16.6. The van der Waals surface area contributed by atoms with Gasteiger partial charge in [0, 0.05) is 17.6 Å². The van der Waals surface area contributed by atoms with Crippen LogP contribution in [-0.2, 0) is 5.41 Å². The molecule has 1 heterocycles. The Kier molecular flexibility index (Phi) is 5.74. The van der Waals surface area contributed by atoms with Crippen LogP contribution in [0.2, 0.25) is 0 Å². The molecule has 27 heavy (non-hydrogen) atoms. The number of carbonyl (C=O) groups excluding carboxylic acids is 1. The maximum absolute atomic E-state index is 12.2. The van der Waals surface area contributed by atoms with Crippen molar-refractivity contribution in [2.45, 2.75) is 26.2 Å². The van der Waals surface area contributed by atoms with Crippen molar-refractivity contribution in [2.75, 3.05) is 31.7 Å². The van der Waals surface area contributed by atoms with Gasteiger partial charge in [0.05, 0.1) is 6.61 Å². The molecule has 0 atom stereocenters. The maximum atomic E-state index is 12.2. The van der Waals surface area contributed by atoms with Crippen molar-refractivity contribution in [1.82, 2.24) is 5.32 Å². The standard InChI is InChI=1S/C21H26N2O4/c1-4-25-17-8-6-16(7-9-17)23-20(24)22-14-21(2,3)15-5-10-18-19(13-15)27-12-11-26-18/h5-10,13H,4,11-12,14H2,1-3H3,(H2,22,23,24). The lowest BCUT2D eigenvalue weighted by molar-refractivity contribution is 0.171. The van der Waals surface area contributed by atoms with E-state index < -0.39 is 0 Å². The molecule has 2 aromatic carbocycles. The first-order valence-corrected chi connectivity index (χ1v) is 9.16. The molecule has 144 valence electrons. The summed E-state index contributed by atoms with van der Waals surface area (Å²) in [6.07, 6.45) is 0. The number of anilines is 1. The quantitative estimate of drug-likeness (QED) is 0.808. The van der Waals surface area contributed by atoms with E-state index in [1.165, 1.54) is 0 Å². The first-order chi connectivity index (χ1) is 13.0. The first-order valence-electron chi connectivity index (χ1n) is 9.16. The van der Waals surface area contributed by atoms with E-state index >= 15 is 0 Å². The number of hydrogen-bond acceptors (Lipinski definition) is 4. The largest absolute Gasteiger partial charge is 0.494 e. The van der Waals surface area contributed by atoms with Gasteiger partial charge < -0.3 is 24.8 Å². The van der Waals surface area contributed by atoms with Gasteiger partial charge >= 0.3 is 6.03 Å². The number of benzene rings is 2. The minimum absolute atomic E-state index is 0.246. The monoisotopic (exact) mass is 370 g/mol. The predicted octanol–water partition coefficient (Wildman–Crippen LogP) is 3.96. The predicted molar refractivity (Wildman–Crippen MR) is 105 cm³/mol. The second kappa shape index (κ2) is 8.20. The van der Waals surface area contributed by atoms with Gasteiger partial charge in [0.2, 0.25) is 0 Å². The van der Waals surface area contributed by atoms with Gasteiger partial charge in [-0.15, -0.1) is 0 Å². The second-order valence-corrected chi connectivity index (χ2v) is 7.01. The van der Waals surface area contributed by atoms with Crippen LogP contribution < -0.4 is 24.8 Å². The van der Waals surface area contributed by atoms with E-state index in [1.807, 2.05) is 49.4 Å². The number of amides is 2. The lowest BCUT2D eigenvalue weighted by atomic mass is 9.84. The summed E-state index contributed by atoms with van der Waals surface area (Å²) in [7, 11) is 0. The zero-order valence-corrected chi connectivity index (χ0v) is 16.0. The average molecular weight is 370 g/mol. The van der Waals surface area contributed by atoms with Crippen LogP contribution >= 0.6 is 0 Å². The van der Waals surface area contributed by atoms with Crippen LogP contribution in [0, 0.1) is 0 Å². The van der Waals surface area contributed by atoms with E-state index in [0.29, 0.717) is 32.1 Å². The van der Waals surface area contributed by atoms with Gasteiger partial charge in [-0.2, -0.15) is 0 Å². The Hall–Kier alpha value is -2.89. The van der Waals surface area contributed by atoms with E-state index in [9.17, 15) is 4.79 Å². The Labute approximate surface area is 159 Å². The van der Waals surface area contributed by atoms with Crippen LogP contribution in [0.5, 0.6) is 17.2 Å². The first kappa shape index (κ1) is 18.9. The van der Waals surface area contributed by atoms with E-state index in [4.69, 9.17) is 14.2 Å². The summed E-state index contributed by atoms with van der Waals surface area (Å²) in [5, 5.41) is 5.77. The fourth-order valence-corrected chi connectivity index (χ4v) is 2.84. The van der Waals surface area contributed by atoms with Crippen molar-refractivity contribution in [3.63, 3.8) is 0 Å². The minimum Gasteiger partial charge on any atom is -0.494 e. The highest BCUT2D eigenvalue weighted by Crippen LogP contribution is 2.34. The highest BCUT2D eigenvalue weighted by atomic mass is 16.6. The molecule has 3 rings (SSSR count). The molecule has 0 unspecified atom stereocenters. The molecule has 6 heteroatoms. The molecule has 0 aliphatic carbocycles. The van der Waals surface area contributed by atoms with E-state index in [0.717, 1.165) is 22.8 Å². The van der Waals surface area contributed by atoms with Gasteiger partial charge in [0.15, 0.2) is 11.5 Å². The fraction of sp³-hybridized carbons (Fsp3) is 0.381. The summed E-state index contributed by atoms with van der Waals surface area (Å²) in [5.74, 6) is 2.30. The lowest BCUT2D eigenvalue weighted by Gasteiger charge is -2.27. The molecule has 0 fully saturated rings. The van der Waals surface area contributed by atoms with Crippen LogP contribution in [0.4, 0.5) is 10.5 Å². The van der Waals surface area contributed by atoms with E-state index in [-0.39, 0.29) is 11.4 Å². The lowest BCUT2D eigenvalue weighted by Crippen LogP contribution is -2.39. The molecule has 1 aliphatic heterocycles. The van der Waals surface area contributed by atoms with Crippen molar-refractivity contribution in [2.24, 2.45) is 0 Å². The fourth-order valence-electron chi connectivity index (χ4n) is 2.84. The Morgan fingerprint density at radius 2 is 1.78 bits per heavy atom. The van der Waals surface area contributed by atoms with Crippen LogP contribution in [0.1, 0.15) is 26.3 Å². The Morgan fingerprint density at radius 3 is 2.48 bits per heavy atom. The highest BCUT2D eigenvalue weighted by molar-refractivity contribution is 5.89. The molecule has 0 saturated heterocycles. The van der Waals surface area contributed by atoms with Gasteiger partial charge in [-0.05, 0) is 48.9 Å². The summed E-state index contributed by atoms with van der Waals surface area (Å²) in [6, 6.07) is 13.0. The molecule has 0 spiro atoms. The summed E-state index contributed by atoms with van der Waals surface area (Å²) in [4.78, 5) is 12.2. The highest BCUT2D eigenvalue weighted by Gasteiger charge is 2.24. The number of ether oxygens (including phenoxy) is 3. The molecule has 0 radical (unpaired) electrons. The molecule has 2 amide bonds. The molecule has 0 aromatic heterocycles. The van der Waals surface area contributed by atoms with Crippen molar-refractivity contribution in [3.8, 4) is 17.2 Å². The minimum atomic E-state index is -0.258. The zero-order valence-electron chi connectivity index (χ0n) is 16.0. The van der Waals surface area contributed by atoms with Gasteiger partial charge in [-0.3, -0.25) is 0 Å². The van der Waals surface area contributed by atoms with Crippen molar-refractivity contribution >= 4 is 11.7 Å². The Morgan fingerprint density at radius 1 is 1.07 bits per heavy atom. The molecule has 0 saturated carbocycles. The maximum Gasteiger partial charge on any atom is 0.319 e. The third-order valence-electron chi connectivity index (χ3n) is 4.44. The topological polar surface area (TPSA) is 68.8 Å². The molecular weight excluding hydrogens is 344 g/mol. The van der Waals surface area contributed by atoms with Crippen LogP contribution in [0.25, 0.3) is 0 Å². The van der Waals surface area contributed by atoms with E-state index in [2.05, 4.69) is 24.5 Å². The summed E-state index contributed by atoms with van der Waals surface area (Å²) in [5.41, 5.74) is 1.53. The van der Waals surface area contributed by atoms with Crippen molar-refractivity contribution < 1.29 is 19.0 Å². The molecule has 2 N–H and O–H groups in total. The average Bonchev–Trinajstić information content (AvgIpc) is 2.68. The van der Waals surface area contributed by atoms with Crippen molar-refractivity contribution in [1.29, 1.82) is 0 Å². The van der Waals surface area contributed by atoms with E-state index in [1.54, 1.807) is 0 Å².